The van der Waals surface area contributed by atoms with Crippen molar-refractivity contribution in [2.75, 3.05) is 12.4 Å². The lowest BCUT2D eigenvalue weighted by Gasteiger charge is -2.10. The number of anilines is 1. The Labute approximate surface area is 154 Å². The number of carbonyl (C=O) groups is 2. The summed E-state index contributed by atoms with van der Waals surface area (Å²) in [5.74, 6) is 0.729. The Kier molecular flexibility index (Phi) is 7.21. The third kappa shape index (κ3) is 5.92. The molecule has 2 N–H and O–H groups in total. The molecule has 0 heterocycles. The molecule has 0 aliphatic carbocycles. The van der Waals surface area contributed by atoms with Gasteiger partial charge in [-0.05, 0) is 35.7 Å². The summed E-state index contributed by atoms with van der Waals surface area (Å²) in [5, 5.41) is 5.76. The van der Waals surface area contributed by atoms with E-state index in [1.807, 2.05) is 62.4 Å². The Morgan fingerprint density at radius 1 is 1.04 bits per heavy atom. The monoisotopic (exact) mass is 354 g/mol. The van der Waals surface area contributed by atoms with Gasteiger partial charge in [0.2, 0.25) is 11.8 Å². The van der Waals surface area contributed by atoms with Crippen molar-refractivity contribution in [2.24, 2.45) is 5.92 Å². The smallest absolute Gasteiger partial charge is 0.226 e. The summed E-state index contributed by atoms with van der Waals surface area (Å²) in [6, 6.07) is 15.2. The molecule has 0 radical (unpaired) electrons. The van der Waals surface area contributed by atoms with Gasteiger partial charge in [0.1, 0.15) is 5.75 Å². The fourth-order valence-electron chi connectivity index (χ4n) is 2.44. The topological polar surface area (TPSA) is 67.4 Å². The predicted molar refractivity (Wildman–Crippen MR) is 103 cm³/mol. The fourth-order valence-corrected chi connectivity index (χ4v) is 2.44. The summed E-state index contributed by atoms with van der Waals surface area (Å²) in [7, 11) is 1.63. The molecule has 0 fully saturated rings. The molecule has 26 heavy (non-hydrogen) atoms. The van der Waals surface area contributed by atoms with Gasteiger partial charge in [0.15, 0.2) is 0 Å². The molecular weight excluding hydrogens is 328 g/mol. The van der Waals surface area contributed by atoms with Crippen LogP contribution in [0.1, 0.15) is 31.4 Å². The van der Waals surface area contributed by atoms with E-state index in [1.54, 1.807) is 7.11 Å². The highest BCUT2D eigenvalue weighted by molar-refractivity contribution is 5.92. The summed E-state index contributed by atoms with van der Waals surface area (Å²) >= 11 is 0. The standard InChI is InChI=1S/C21H26N2O3/c1-15(2)21(25)23-18-11-8-16(9-12-18)14-22-20(24)13-10-17-6-4-5-7-19(17)26-3/h4-9,11-12,15H,10,13-14H2,1-3H3,(H,22,24)(H,23,25). The van der Waals surface area contributed by atoms with Gasteiger partial charge in [0.25, 0.3) is 0 Å². The highest BCUT2D eigenvalue weighted by Gasteiger charge is 2.08. The number of methoxy groups -OCH3 is 1. The van der Waals surface area contributed by atoms with Crippen LogP contribution >= 0.6 is 0 Å². The second-order valence-corrected chi connectivity index (χ2v) is 6.43. The highest BCUT2D eigenvalue weighted by Crippen LogP contribution is 2.18. The molecule has 5 heteroatoms. The van der Waals surface area contributed by atoms with Gasteiger partial charge in [-0.1, -0.05) is 44.2 Å². The fraction of sp³-hybridized carbons (Fsp3) is 0.333. The largest absolute Gasteiger partial charge is 0.496 e. The minimum atomic E-state index is -0.0581. The third-order valence-corrected chi connectivity index (χ3v) is 4.05. The minimum absolute atomic E-state index is 0.00640. The third-order valence-electron chi connectivity index (χ3n) is 4.05. The van der Waals surface area contributed by atoms with Crippen molar-refractivity contribution in [1.82, 2.24) is 5.32 Å². The number of amides is 2. The molecule has 0 aliphatic heterocycles. The van der Waals surface area contributed by atoms with E-state index in [4.69, 9.17) is 4.74 Å². The summed E-state index contributed by atoms with van der Waals surface area (Å²) in [6.07, 6.45) is 1.04. The van der Waals surface area contributed by atoms with E-state index in [0.29, 0.717) is 19.4 Å². The van der Waals surface area contributed by atoms with Crippen LogP contribution in [0.25, 0.3) is 0 Å². The molecule has 2 aromatic rings. The summed E-state index contributed by atoms with van der Waals surface area (Å²) in [6.45, 7) is 4.16. The van der Waals surface area contributed by atoms with Gasteiger partial charge in [-0.25, -0.2) is 0 Å². The predicted octanol–water partition coefficient (Wildman–Crippen LogP) is 3.54. The van der Waals surface area contributed by atoms with Crippen LogP contribution in [0.5, 0.6) is 5.75 Å². The van der Waals surface area contributed by atoms with Crippen LogP contribution in [-0.2, 0) is 22.6 Å². The number of hydrogen-bond donors (Lipinski definition) is 2. The quantitative estimate of drug-likeness (QED) is 0.762. The molecule has 5 nitrogen and oxygen atoms in total. The zero-order valence-electron chi connectivity index (χ0n) is 15.5. The number of para-hydroxylation sites is 1. The van der Waals surface area contributed by atoms with E-state index in [1.165, 1.54) is 0 Å². The molecule has 0 atom stereocenters. The summed E-state index contributed by atoms with van der Waals surface area (Å²) in [4.78, 5) is 23.7. The van der Waals surface area contributed by atoms with Crippen LogP contribution in [0, 0.1) is 5.92 Å². The SMILES string of the molecule is COc1ccccc1CCC(=O)NCc1ccc(NC(=O)C(C)C)cc1. The first-order valence-electron chi connectivity index (χ1n) is 8.78. The molecule has 0 aromatic heterocycles. The minimum Gasteiger partial charge on any atom is -0.496 e. The molecular formula is C21H26N2O3. The lowest BCUT2D eigenvalue weighted by Crippen LogP contribution is -2.23. The van der Waals surface area contributed by atoms with Gasteiger partial charge >= 0.3 is 0 Å². The molecule has 0 saturated carbocycles. The summed E-state index contributed by atoms with van der Waals surface area (Å²) in [5.41, 5.74) is 2.77. The summed E-state index contributed by atoms with van der Waals surface area (Å²) < 4.78 is 5.30. The van der Waals surface area contributed by atoms with Crippen LogP contribution in [0.15, 0.2) is 48.5 Å². The van der Waals surface area contributed by atoms with Crippen molar-refractivity contribution >= 4 is 17.5 Å². The lowest BCUT2D eigenvalue weighted by molar-refractivity contribution is -0.121. The van der Waals surface area contributed by atoms with E-state index in [2.05, 4.69) is 10.6 Å². The molecule has 0 saturated heterocycles. The van der Waals surface area contributed by atoms with Crippen molar-refractivity contribution in [1.29, 1.82) is 0 Å². The van der Waals surface area contributed by atoms with Crippen molar-refractivity contribution in [2.45, 2.75) is 33.2 Å². The zero-order chi connectivity index (χ0) is 18.9. The molecule has 0 spiro atoms. The number of benzene rings is 2. The Morgan fingerprint density at radius 3 is 2.38 bits per heavy atom. The average Bonchev–Trinajstić information content (AvgIpc) is 2.65. The van der Waals surface area contributed by atoms with Gasteiger partial charge in [-0.15, -0.1) is 0 Å². The van der Waals surface area contributed by atoms with Gasteiger partial charge in [0, 0.05) is 24.6 Å². The van der Waals surface area contributed by atoms with Gasteiger partial charge in [-0.2, -0.15) is 0 Å². The first-order chi connectivity index (χ1) is 12.5. The Bertz CT molecular complexity index is 739. The van der Waals surface area contributed by atoms with Crippen LogP contribution in [0.3, 0.4) is 0 Å². The van der Waals surface area contributed by atoms with Crippen molar-refractivity contribution in [3.63, 3.8) is 0 Å². The maximum Gasteiger partial charge on any atom is 0.226 e. The van der Waals surface area contributed by atoms with Crippen LogP contribution < -0.4 is 15.4 Å². The van der Waals surface area contributed by atoms with Crippen LogP contribution in [-0.4, -0.2) is 18.9 Å². The van der Waals surface area contributed by atoms with Crippen molar-refractivity contribution in [3.8, 4) is 5.75 Å². The highest BCUT2D eigenvalue weighted by atomic mass is 16.5. The van der Waals surface area contributed by atoms with E-state index in [9.17, 15) is 9.59 Å². The molecule has 2 amide bonds. The molecule has 0 unspecified atom stereocenters. The maximum atomic E-state index is 12.1. The number of hydrogen-bond acceptors (Lipinski definition) is 3. The second kappa shape index (κ2) is 9.61. The first-order valence-corrected chi connectivity index (χ1v) is 8.78. The molecule has 0 bridgehead atoms. The molecule has 2 rings (SSSR count). The molecule has 2 aromatic carbocycles. The van der Waals surface area contributed by atoms with Crippen LogP contribution in [0.4, 0.5) is 5.69 Å². The van der Waals surface area contributed by atoms with Gasteiger partial charge in [0.05, 0.1) is 7.11 Å². The van der Waals surface area contributed by atoms with Gasteiger partial charge in [-0.3, -0.25) is 9.59 Å². The van der Waals surface area contributed by atoms with Crippen LogP contribution in [0.2, 0.25) is 0 Å². The first kappa shape index (κ1) is 19.5. The number of carbonyl (C=O) groups excluding carboxylic acids is 2. The van der Waals surface area contributed by atoms with Gasteiger partial charge < -0.3 is 15.4 Å². The maximum absolute atomic E-state index is 12.1. The number of nitrogens with one attached hydrogen (secondary N) is 2. The molecule has 0 aliphatic rings. The number of aryl methyl sites for hydroxylation is 1. The zero-order valence-corrected chi connectivity index (χ0v) is 15.5. The number of rotatable bonds is 8. The van der Waals surface area contributed by atoms with E-state index in [-0.39, 0.29) is 17.7 Å². The Balaban J connectivity index is 1.79. The van der Waals surface area contributed by atoms with E-state index < -0.39 is 0 Å². The Morgan fingerprint density at radius 2 is 1.73 bits per heavy atom. The normalized spacial score (nSPS) is 10.5. The van der Waals surface area contributed by atoms with E-state index in [0.717, 1.165) is 22.6 Å². The Hall–Kier alpha value is -2.82. The lowest BCUT2D eigenvalue weighted by atomic mass is 10.1. The second-order valence-electron chi connectivity index (χ2n) is 6.43. The average molecular weight is 354 g/mol. The van der Waals surface area contributed by atoms with E-state index >= 15 is 0 Å². The molecule has 138 valence electrons. The van der Waals surface area contributed by atoms with Crippen molar-refractivity contribution < 1.29 is 14.3 Å². The van der Waals surface area contributed by atoms with Crippen molar-refractivity contribution in [3.05, 3.63) is 59.7 Å². The number of ether oxygens (including phenoxy) is 1.